The molecule has 2 aromatic heterocycles. The van der Waals surface area contributed by atoms with E-state index in [0.717, 1.165) is 34.8 Å². The molecule has 0 spiro atoms. The van der Waals surface area contributed by atoms with Crippen molar-refractivity contribution in [1.29, 1.82) is 0 Å². The highest BCUT2D eigenvalue weighted by Crippen LogP contribution is 2.30. The summed E-state index contributed by atoms with van der Waals surface area (Å²) in [5.74, 6) is 0.603. The molecule has 98 valence electrons. The summed E-state index contributed by atoms with van der Waals surface area (Å²) in [5, 5.41) is 1.69. The first-order valence-corrected chi connectivity index (χ1v) is 6.72. The average molecular weight is 276 g/mol. The number of H-pyrrole nitrogens is 1. The van der Waals surface area contributed by atoms with Crippen LogP contribution in [0.1, 0.15) is 19.8 Å². The monoisotopic (exact) mass is 275 g/mol. The first-order chi connectivity index (χ1) is 9.29. The molecule has 19 heavy (non-hydrogen) atoms. The van der Waals surface area contributed by atoms with Gasteiger partial charge in [-0.15, -0.1) is 0 Å². The van der Waals surface area contributed by atoms with Gasteiger partial charge >= 0.3 is 0 Å². The largest absolute Gasteiger partial charge is 0.476 e. The predicted molar refractivity (Wildman–Crippen MR) is 76.8 cm³/mol. The van der Waals surface area contributed by atoms with Gasteiger partial charge in [0.05, 0.1) is 6.61 Å². The Balaban J connectivity index is 2.12. The van der Waals surface area contributed by atoms with Gasteiger partial charge in [0, 0.05) is 15.9 Å². The number of halogens is 1. The highest BCUT2D eigenvalue weighted by molar-refractivity contribution is 6.31. The minimum absolute atomic E-state index is 0.603. The van der Waals surface area contributed by atoms with Gasteiger partial charge in [-0.2, -0.15) is 4.98 Å². The first-order valence-electron chi connectivity index (χ1n) is 6.34. The second-order valence-corrected chi connectivity index (χ2v) is 4.86. The topological polar surface area (TPSA) is 50.8 Å². The molecule has 0 fully saturated rings. The van der Waals surface area contributed by atoms with E-state index >= 15 is 0 Å². The van der Waals surface area contributed by atoms with Crippen molar-refractivity contribution in [3.63, 3.8) is 0 Å². The average Bonchev–Trinajstić information content (AvgIpc) is 2.78. The van der Waals surface area contributed by atoms with Gasteiger partial charge in [-0.3, -0.25) is 0 Å². The van der Waals surface area contributed by atoms with Crippen molar-refractivity contribution in [2.45, 2.75) is 19.8 Å². The fourth-order valence-electron chi connectivity index (χ4n) is 2.06. The molecule has 4 nitrogen and oxygen atoms in total. The standard InChI is InChI=1S/C14H14ClN3O/c1-2-3-6-19-14-13-12(16-8-17-14)10-7-9(15)4-5-11(10)18-13/h4-5,7-8,18H,2-3,6H2,1H3. The lowest BCUT2D eigenvalue weighted by molar-refractivity contribution is 0.301. The highest BCUT2D eigenvalue weighted by atomic mass is 35.5. The third-order valence-corrected chi connectivity index (χ3v) is 3.28. The number of rotatable bonds is 4. The van der Waals surface area contributed by atoms with Crippen LogP contribution in [0.4, 0.5) is 0 Å². The molecule has 0 aliphatic carbocycles. The van der Waals surface area contributed by atoms with Crippen molar-refractivity contribution in [3.8, 4) is 5.88 Å². The second kappa shape index (κ2) is 5.05. The van der Waals surface area contributed by atoms with Crippen LogP contribution < -0.4 is 4.74 Å². The maximum absolute atomic E-state index is 6.03. The van der Waals surface area contributed by atoms with E-state index in [1.165, 1.54) is 6.33 Å². The highest BCUT2D eigenvalue weighted by Gasteiger charge is 2.11. The minimum Gasteiger partial charge on any atom is -0.476 e. The Morgan fingerprint density at radius 3 is 3.05 bits per heavy atom. The van der Waals surface area contributed by atoms with Gasteiger partial charge in [-0.25, -0.2) is 4.98 Å². The van der Waals surface area contributed by atoms with Crippen LogP contribution in [-0.2, 0) is 0 Å². The van der Waals surface area contributed by atoms with E-state index in [4.69, 9.17) is 16.3 Å². The molecule has 0 saturated heterocycles. The van der Waals surface area contributed by atoms with Gasteiger partial charge < -0.3 is 9.72 Å². The maximum Gasteiger partial charge on any atom is 0.241 e. The number of hydrogen-bond donors (Lipinski definition) is 1. The van der Waals surface area contributed by atoms with Gasteiger partial charge in [-0.1, -0.05) is 24.9 Å². The Labute approximate surface area is 115 Å². The van der Waals surface area contributed by atoms with Crippen LogP contribution in [0.15, 0.2) is 24.5 Å². The maximum atomic E-state index is 6.03. The van der Waals surface area contributed by atoms with Crippen molar-refractivity contribution in [1.82, 2.24) is 15.0 Å². The zero-order chi connectivity index (χ0) is 13.2. The van der Waals surface area contributed by atoms with Crippen LogP contribution in [0.2, 0.25) is 5.02 Å². The van der Waals surface area contributed by atoms with Crippen molar-refractivity contribution in [2.75, 3.05) is 6.61 Å². The number of benzene rings is 1. The van der Waals surface area contributed by atoms with E-state index in [1.807, 2.05) is 18.2 Å². The Hall–Kier alpha value is -1.81. The molecule has 1 N–H and O–H groups in total. The van der Waals surface area contributed by atoms with Crippen molar-refractivity contribution in [2.24, 2.45) is 0 Å². The van der Waals surface area contributed by atoms with Crippen LogP contribution in [0, 0.1) is 0 Å². The van der Waals surface area contributed by atoms with Gasteiger partial charge in [0.2, 0.25) is 5.88 Å². The van der Waals surface area contributed by atoms with E-state index in [1.54, 1.807) is 0 Å². The zero-order valence-corrected chi connectivity index (χ0v) is 11.4. The molecule has 2 heterocycles. The fourth-order valence-corrected chi connectivity index (χ4v) is 2.24. The first kappa shape index (κ1) is 12.2. The molecule has 0 bridgehead atoms. The quantitative estimate of drug-likeness (QED) is 0.734. The van der Waals surface area contributed by atoms with E-state index < -0.39 is 0 Å². The van der Waals surface area contributed by atoms with Crippen LogP contribution in [0.25, 0.3) is 21.9 Å². The second-order valence-electron chi connectivity index (χ2n) is 4.42. The molecular formula is C14H14ClN3O. The lowest BCUT2D eigenvalue weighted by Gasteiger charge is -2.04. The fraction of sp³-hybridized carbons (Fsp3) is 0.286. The van der Waals surface area contributed by atoms with E-state index in [2.05, 4.69) is 21.9 Å². The minimum atomic E-state index is 0.603. The number of nitrogens with zero attached hydrogens (tertiary/aromatic N) is 2. The lowest BCUT2D eigenvalue weighted by Crippen LogP contribution is -1.99. The number of fused-ring (bicyclic) bond motifs is 3. The molecule has 0 aliphatic rings. The molecule has 0 atom stereocenters. The van der Waals surface area contributed by atoms with E-state index in [9.17, 15) is 0 Å². The summed E-state index contributed by atoms with van der Waals surface area (Å²) in [4.78, 5) is 11.8. The smallest absolute Gasteiger partial charge is 0.241 e. The number of aromatic amines is 1. The van der Waals surface area contributed by atoms with Crippen LogP contribution >= 0.6 is 11.6 Å². The normalized spacial score (nSPS) is 11.3. The number of nitrogens with one attached hydrogen (secondary N) is 1. The van der Waals surface area contributed by atoms with Crippen molar-refractivity contribution >= 4 is 33.5 Å². The Morgan fingerprint density at radius 2 is 2.21 bits per heavy atom. The molecule has 3 rings (SSSR count). The van der Waals surface area contributed by atoms with Crippen LogP contribution in [0.5, 0.6) is 5.88 Å². The third kappa shape index (κ3) is 2.24. The van der Waals surface area contributed by atoms with E-state index in [0.29, 0.717) is 17.5 Å². The summed E-state index contributed by atoms with van der Waals surface area (Å²) in [5.41, 5.74) is 2.66. The molecular weight excluding hydrogens is 262 g/mol. The summed E-state index contributed by atoms with van der Waals surface area (Å²) >= 11 is 6.03. The summed E-state index contributed by atoms with van der Waals surface area (Å²) in [6, 6.07) is 5.69. The van der Waals surface area contributed by atoms with Gasteiger partial charge in [0.25, 0.3) is 0 Å². The third-order valence-electron chi connectivity index (χ3n) is 3.05. The van der Waals surface area contributed by atoms with Crippen molar-refractivity contribution < 1.29 is 4.74 Å². The molecule has 0 aliphatic heterocycles. The van der Waals surface area contributed by atoms with Crippen LogP contribution in [0.3, 0.4) is 0 Å². The zero-order valence-electron chi connectivity index (χ0n) is 10.6. The van der Waals surface area contributed by atoms with Crippen molar-refractivity contribution in [3.05, 3.63) is 29.5 Å². The number of hydrogen-bond acceptors (Lipinski definition) is 3. The molecule has 0 unspecified atom stereocenters. The number of aromatic nitrogens is 3. The molecule has 5 heteroatoms. The number of unbranched alkanes of at least 4 members (excludes halogenated alkanes) is 1. The van der Waals surface area contributed by atoms with Gasteiger partial charge in [0.1, 0.15) is 17.4 Å². The number of ether oxygens (including phenoxy) is 1. The Bertz CT molecular complexity index is 723. The van der Waals surface area contributed by atoms with E-state index in [-0.39, 0.29) is 0 Å². The SMILES string of the molecule is CCCCOc1ncnc2c1[nH]c1ccc(Cl)cc12. The molecule has 0 saturated carbocycles. The lowest BCUT2D eigenvalue weighted by atomic mass is 10.2. The molecule has 0 radical (unpaired) electrons. The van der Waals surface area contributed by atoms with Crippen LogP contribution in [-0.4, -0.2) is 21.6 Å². The summed E-state index contributed by atoms with van der Waals surface area (Å²) < 4.78 is 5.70. The Kier molecular flexibility index (Phi) is 3.25. The predicted octanol–water partition coefficient (Wildman–Crippen LogP) is 3.94. The van der Waals surface area contributed by atoms with Gasteiger partial charge in [0.15, 0.2) is 0 Å². The molecule has 3 aromatic rings. The summed E-state index contributed by atoms with van der Waals surface area (Å²) in [7, 11) is 0. The molecule has 1 aromatic carbocycles. The Morgan fingerprint density at radius 1 is 1.32 bits per heavy atom. The summed E-state index contributed by atoms with van der Waals surface area (Å²) in [6.45, 7) is 2.79. The van der Waals surface area contributed by atoms with Gasteiger partial charge in [-0.05, 0) is 24.6 Å². The summed E-state index contributed by atoms with van der Waals surface area (Å²) in [6.07, 6.45) is 3.63. The molecule has 0 amide bonds.